The molecule has 0 bridgehead atoms. The Hall–Kier alpha value is -2.18. The van der Waals surface area contributed by atoms with E-state index in [1.807, 2.05) is 32.5 Å². The van der Waals surface area contributed by atoms with Crippen LogP contribution in [-0.4, -0.2) is 56.3 Å². The fraction of sp³-hybridized carbons (Fsp3) is 0.524. The summed E-state index contributed by atoms with van der Waals surface area (Å²) in [6.45, 7) is 8.41. The molecule has 0 radical (unpaired) electrons. The van der Waals surface area contributed by atoms with Crippen molar-refractivity contribution in [3.8, 4) is 0 Å². The summed E-state index contributed by atoms with van der Waals surface area (Å²) in [5, 5.41) is 13.9. The summed E-state index contributed by atoms with van der Waals surface area (Å²) in [5.41, 5.74) is 5.74. The van der Waals surface area contributed by atoms with Crippen molar-refractivity contribution in [2.45, 2.75) is 46.3 Å². The first kappa shape index (κ1) is 19.6. The number of carbonyl (C=O) groups excluding carboxylic acids is 1. The zero-order valence-electron chi connectivity index (χ0n) is 16.8. The number of carbonyl (C=O) groups is 1. The molecule has 0 aliphatic carbocycles. The SMILES string of the molecule is Cc1nn(C)c(C)c1CN(CCO)C(=O)[C@H](C)N1CCc2ccccc2C1. The van der Waals surface area contributed by atoms with Crippen LogP contribution < -0.4 is 0 Å². The Kier molecular flexibility index (Phi) is 5.97. The average molecular weight is 370 g/mol. The van der Waals surface area contributed by atoms with Crippen molar-refractivity contribution in [3.63, 3.8) is 0 Å². The molecule has 0 saturated carbocycles. The third-order valence-corrected chi connectivity index (χ3v) is 5.75. The molecule has 6 nitrogen and oxygen atoms in total. The van der Waals surface area contributed by atoms with Crippen LogP contribution in [0.5, 0.6) is 0 Å². The molecule has 1 N–H and O–H groups in total. The topological polar surface area (TPSA) is 61.6 Å². The van der Waals surface area contributed by atoms with E-state index in [-0.39, 0.29) is 18.6 Å². The van der Waals surface area contributed by atoms with Gasteiger partial charge in [0.15, 0.2) is 0 Å². The van der Waals surface area contributed by atoms with Crippen molar-refractivity contribution in [1.29, 1.82) is 0 Å². The van der Waals surface area contributed by atoms with Crippen molar-refractivity contribution in [2.24, 2.45) is 7.05 Å². The van der Waals surface area contributed by atoms with Crippen molar-refractivity contribution in [2.75, 3.05) is 19.7 Å². The van der Waals surface area contributed by atoms with Gasteiger partial charge < -0.3 is 10.0 Å². The molecule has 146 valence electrons. The lowest BCUT2D eigenvalue weighted by atomic mass is 9.98. The molecule has 1 aliphatic rings. The number of aryl methyl sites for hydroxylation is 2. The minimum absolute atomic E-state index is 0.0420. The van der Waals surface area contributed by atoms with Crippen molar-refractivity contribution in [3.05, 3.63) is 52.3 Å². The number of aliphatic hydroxyl groups is 1. The number of hydrogen-bond donors (Lipinski definition) is 1. The third kappa shape index (κ3) is 4.06. The Labute approximate surface area is 161 Å². The monoisotopic (exact) mass is 370 g/mol. The standard InChI is InChI=1S/C21H30N4O2/c1-15-20(16(2)23(4)22-15)14-25(11-12-26)21(27)17(3)24-10-9-18-7-5-6-8-19(18)13-24/h5-8,17,26H,9-14H2,1-4H3/t17-/m0/s1. The van der Waals surface area contributed by atoms with E-state index < -0.39 is 0 Å². The molecule has 1 aromatic carbocycles. The maximum absolute atomic E-state index is 13.2. The van der Waals surface area contributed by atoms with Gasteiger partial charge in [-0.05, 0) is 38.3 Å². The van der Waals surface area contributed by atoms with E-state index in [2.05, 4.69) is 34.3 Å². The second kappa shape index (κ2) is 8.23. The van der Waals surface area contributed by atoms with Gasteiger partial charge in [0.25, 0.3) is 0 Å². The van der Waals surface area contributed by atoms with E-state index in [0.717, 1.165) is 36.5 Å². The van der Waals surface area contributed by atoms with Gasteiger partial charge in [-0.25, -0.2) is 0 Å². The minimum Gasteiger partial charge on any atom is -0.395 e. The molecule has 0 unspecified atom stereocenters. The second-order valence-electron chi connectivity index (χ2n) is 7.42. The number of aliphatic hydroxyl groups excluding tert-OH is 1. The summed E-state index contributed by atoms with van der Waals surface area (Å²) >= 11 is 0. The molecule has 2 heterocycles. The first-order valence-electron chi connectivity index (χ1n) is 9.62. The van der Waals surface area contributed by atoms with Gasteiger partial charge in [0.1, 0.15) is 0 Å². The molecule has 27 heavy (non-hydrogen) atoms. The van der Waals surface area contributed by atoms with E-state index in [0.29, 0.717) is 13.1 Å². The van der Waals surface area contributed by atoms with Crippen LogP contribution in [0.2, 0.25) is 0 Å². The highest BCUT2D eigenvalue weighted by Gasteiger charge is 2.29. The normalized spacial score (nSPS) is 15.4. The maximum Gasteiger partial charge on any atom is 0.240 e. The summed E-state index contributed by atoms with van der Waals surface area (Å²) in [6, 6.07) is 8.23. The van der Waals surface area contributed by atoms with E-state index in [1.54, 1.807) is 4.90 Å². The highest BCUT2D eigenvalue weighted by molar-refractivity contribution is 5.81. The van der Waals surface area contributed by atoms with Gasteiger partial charge in [-0.2, -0.15) is 5.10 Å². The molecule has 1 aromatic heterocycles. The zero-order valence-corrected chi connectivity index (χ0v) is 16.8. The Morgan fingerprint density at radius 2 is 2.00 bits per heavy atom. The smallest absolute Gasteiger partial charge is 0.240 e. The Morgan fingerprint density at radius 1 is 1.30 bits per heavy atom. The molecule has 6 heteroatoms. The van der Waals surface area contributed by atoms with Gasteiger partial charge >= 0.3 is 0 Å². The van der Waals surface area contributed by atoms with Gasteiger partial charge in [0, 0.05) is 44.5 Å². The van der Waals surface area contributed by atoms with Gasteiger partial charge in [-0.1, -0.05) is 24.3 Å². The molecular formula is C21H30N4O2. The first-order valence-corrected chi connectivity index (χ1v) is 9.62. The van der Waals surface area contributed by atoms with Gasteiger partial charge in [-0.3, -0.25) is 14.4 Å². The molecule has 1 amide bonds. The number of hydrogen-bond acceptors (Lipinski definition) is 4. The van der Waals surface area contributed by atoms with Crippen LogP contribution in [0.15, 0.2) is 24.3 Å². The van der Waals surface area contributed by atoms with Crippen LogP contribution in [0.25, 0.3) is 0 Å². The third-order valence-electron chi connectivity index (χ3n) is 5.75. The van der Waals surface area contributed by atoms with E-state index in [1.165, 1.54) is 11.1 Å². The van der Waals surface area contributed by atoms with Crippen molar-refractivity contribution < 1.29 is 9.90 Å². The number of aromatic nitrogens is 2. The minimum atomic E-state index is -0.220. The van der Waals surface area contributed by atoms with Crippen LogP contribution in [-0.2, 0) is 31.4 Å². The van der Waals surface area contributed by atoms with Gasteiger partial charge in [-0.15, -0.1) is 0 Å². The number of amides is 1. The number of benzene rings is 1. The largest absolute Gasteiger partial charge is 0.395 e. The highest BCUT2D eigenvalue weighted by atomic mass is 16.3. The van der Waals surface area contributed by atoms with E-state index in [9.17, 15) is 9.90 Å². The molecular weight excluding hydrogens is 340 g/mol. The maximum atomic E-state index is 13.2. The molecule has 0 saturated heterocycles. The summed E-state index contributed by atoms with van der Waals surface area (Å²) in [5.74, 6) is 0.0612. The lowest BCUT2D eigenvalue weighted by Gasteiger charge is -2.35. The Morgan fingerprint density at radius 3 is 2.63 bits per heavy atom. The summed E-state index contributed by atoms with van der Waals surface area (Å²) < 4.78 is 1.84. The fourth-order valence-corrected chi connectivity index (χ4v) is 3.89. The highest BCUT2D eigenvalue weighted by Crippen LogP contribution is 2.22. The van der Waals surface area contributed by atoms with Crippen LogP contribution in [0.1, 0.15) is 35.0 Å². The second-order valence-corrected chi connectivity index (χ2v) is 7.42. The lowest BCUT2D eigenvalue weighted by molar-refractivity contribution is -0.138. The Balaban J connectivity index is 1.74. The van der Waals surface area contributed by atoms with Gasteiger partial charge in [0.05, 0.1) is 18.3 Å². The number of fused-ring (bicyclic) bond motifs is 1. The molecule has 1 atom stereocenters. The summed E-state index contributed by atoms with van der Waals surface area (Å²) in [4.78, 5) is 17.2. The number of rotatable bonds is 6. The van der Waals surface area contributed by atoms with Crippen LogP contribution in [0.4, 0.5) is 0 Å². The summed E-state index contributed by atoms with van der Waals surface area (Å²) in [6.07, 6.45) is 0.967. The fourth-order valence-electron chi connectivity index (χ4n) is 3.89. The van der Waals surface area contributed by atoms with E-state index >= 15 is 0 Å². The van der Waals surface area contributed by atoms with Crippen LogP contribution >= 0.6 is 0 Å². The zero-order chi connectivity index (χ0) is 19.6. The van der Waals surface area contributed by atoms with Crippen molar-refractivity contribution >= 4 is 5.91 Å². The van der Waals surface area contributed by atoms with Crippen molar-refractivity contribution in [1.82, 2.24) is 19.6 Å². The molecule has 3 rings (SSSR count). The first-order chi connectivity index (χ1) is 12.9. The molecule has 0 spiro atoms. The molecule has 2 aromatic rings. The Bertz CT molecular complexity index is 815. The summed E-state index contributed by atoms with van der Waals surface area (Å²) in [7, 11) is 1.91. The molecule has 0 fully saturated rings. The van der Waals surface area contributed by atoms with Crippen LogP contribution in [0, 0.1) is 13.8 Å². The molecule has 1 aliphatic heterocycles. The average Bonchev–Trinajstić information content (AvgIpc) is 2.92. The van der Waals surface area contributed by atoms with E-state index in [4.69, 9.17) is 0 Å². The predicted molar refractivity (Wildman–Crippen MR) is 105 cm³/mol. The predicted octanol–water partition coefficient (Wildman–Crippen LogP) is 1.80. The quantitative estimate of drug-likeness (QED) is 0.842. The van der Waals surface area contributed by atoms with Gasteiger partial charge in [0.2, 0.25) is 5.91 Å². The lowest BCUT2D eigenvalue weighted by Crippen LogP contribution is -2.49. The van der Waals surface area contributed by atoms with Crippen LogP contribution in [0.3, 0.4) is 0 Å². The number of nitrogens with zero attached hydrogens (tertiary/aromatic N) is 4.